The molecule has 7 heteroatoms. The van der Waals surface area contributed by atoms with Crippen molar-refractivity contribution in [3.8, 4) is 5.75 Å². The Morgan fingerprint density at radius 1 is 0.821 bits per heavy atom. The molecule has 1 amide bonds. The molecule has 0 saturated carbocycles. The fraction of sp³-hybridized carbons (Fsp3) is 0.0952. The molecule has 0 spiro atoms. The van der Waals surface area contributed by atoms with Gasteiger partial charge in [-0.3, -0.25) is 9.52 Å². The number of amides is 1. The number of rotatable bonds is 8. The highest BCUT2D eigenvalue weighted by atomic mass is 32.2. The SMILES string of the molecule is O=C(NCCOc1ccccc1)c1ccc(NS(=O)(=O)c2ccccc2)cc1. The van der Waals surface area contributed by atoms with Gasteiger partial charge in [0.1, 0.15) is 12.4 Å². The summed E-state index contributed by atoms with van der Waals surface area (Å²) in [5, 5.41) is 2.76. The van der Waals surface area contributed by atoms with Crippen LogP contribution in [0.5, 0.6) is 5.75 Å². The third-order valence-electron chi connectivity index (χ3n) is 3.85. The Balaban J connectivity index is 1.51. The molecular weight excluding hydrogens is 376 g/mol. The third-order valence-corrected chi connectivity index (χ3v) is 5.25. The first-order chi connectivity index (χ1) is 13.5. The van der Waals surface area contributed by atoms with Crippen LogP contribution in [-0.4, -0.2) is 27.5 Å². The molecular formula is C21H20N2O4S. The molecule has 0 radical (unpaired) electrons. The van der Waals surface area contributed by atoms with Crippen molar-refractivity contribution in [2.75, 3.05) is 17.9 Å². The third kappa shape index (κ3) is 5.34. The van der Waals surface area contributed by atoms with Crippen LogP contribution in [0.3, 0.4) is 0 Å². The van der Waals surface area contributed by atoms with E-state index in [1.807, 2.05) is 30.3 Å². The Labute approximate surface area is 164 Å². The van der Waals surface area contributed by atoms with Gasteiger partial charge in [0.15, 0.2) is 0 Å². The predicted molar refractivity (Wildman–Crippen MR) is 108 cm³/mol. The van der Waals surface area contributed by atoms with Crippen LogP contribution in [-0.2, 0) is 10.0 Å². The molecule has 0 aliphatic rings. The Morgan fingerprint density at radius 3 is 2.07 bits per heavy atom. The molecule has 0 saturated heterocycles. The van der Waals surface area contributed by atoms with Crippen LogP contribution >= 0.6 is 0 Å². The lowest BCUT2D eigenvalue weighted by molar-refractivity contribution is 0.0947. The van der Waals surface area contributed by atoms with Crippen molar-refractivity contribution in [2.24, 2.45) is 0 Å². The van der Waals surface area contributed by atoms with E-state index in [0.717, 1.165) is 5.75 Å². The predicted octanol–water partition coefficient (Wildman–Crippen LogP) is 3.30. The molecule has 28 heavy (non-hydrogen) atoms. The van der Waals surface area contributed by atoms with Crippen LogP contribution in [0, 0.1) is 0 Å². The summed E-state index contributed by atoms with van der Waals surface area (Å²) in [6, 6.07) is 23.7. The lowest BCUT2D eigenvalue weighted by Crippen LogP contribution is -2.28. The van der Waals surface area contributed by atoms with Crippen molar-refractivity contribution in [3.05, 3.63) is 90.5 Å². The van der Waals surface area contributed by atoms with E-state index in [1.54, 1.807) is 42.5 Å². The minimum absolute atomic E-state index is 0.176. The minimum atomic E-state index is -3.66. The molecule has 0 fully saturated rings. The molecule has 2 N–H and O–H groups in total. The fourth-order valence-electron chi connectivity index (χ4n) is 2.46. The number of benzene rings is 3. The number of para-hydroxylation sites is 1. The highest BCUT2D eigenvalue weighted by Gasteiger charge is 2.13. The number of hydrogen-bond donors (Lipinski definition) is 2. The second-order valence-corrected chi connectivity index (χ2v) is 7.60. The van der Waals surface area contributed by atoms with Crippen molar-refractivity contribution in [1.29, 1.82) is 0 Å². The first-order valence-electron chi connectivity index (χ1n) is 8.68. The summed E-state index contributed by atoms with van der Waals surface area (Å²) in [5.74, 6) is 0.487. The summed E-state index contributed by atoms with van der Waals surface area (Å²) in [6.45, 7) is 0.709. The number of ether oxygens (including phenoxy) is 1. The van der Waals surface area contributed by atoms with Gasteiger partial charge in [-0.15, -0.1) is 0 Å². The van der Waals surface area contributed by atoms with Crippen molar-refractivity contribution in [2.45, 2.75) is 4.90 Å². The van der Waals surface area contributed by atoms with Crippen LogP contribution in [0.2, 0.25) is 0 Å². The van der Waals surface area contributed by atoms with E-state index < -0.39 is 10.0 Å². The summed E-state index contributed by atoms with van der Waals surface area (Å²) >= 11 is 0. The van der Waals surface area contributed by atoms with E-state index >= 15 is 0 Å². The zero-order valence-electron chi connectivity index (χ0n) is 15.0. The van der Waals surface area contributed by atoms with Crippen LogP contribution < -0.4 is 14.8 Å². The van der Waals surface area contributed by atoms with Gasteiger partial charge in [0.05, 0.1) is 11.4 Å². The Kier molecular flexibility index (Phi) is 6.29. The number of nitrogens with one attached hydrogen (secondary N) is 2. The summed E-state index contributed by atoms with van der Waals surface area (Å²) in [4.78, 5) is 12.3. The molecule has 0 atom stereocenters. The maximum Gasteiger partial charge on any atom is 0.261 e. The van der Waals surface area contributed by atoms with Gasteiger partial charge < -0.3 is 10.1 Å². The fourth-order valence-corrected chi connectivity index (χ4v) is 3.54. The number of anilines is 1. The first-order valence-corrected chi connectivity index (χ1v) is 10.2. The summed E-state index contributed by atoms with van der Waals surface area (Å²) in [7, 11) is -3.66. The van der Waals surface area contributed by atoms with E-state index in [1.165, 1.54) is 12.1 Å². The average Bonchev–Trinajstić information content (AvgIpc) is 2.73. The van der Waals surface area contributed by atoms with Gasteiger partial charge in [-0.2, -0.15) is 0 Å². The first kappa shape index (κ1) is 19.4. The van der Waals surface area contributed by atoms with E-state index in [4.69, 9.17) is 4.74 Å². The molecule has 6 nitrogen and oxygen atoms in total. The molecule has 0 aliphatic heterocycles. The van der Waals surface area contributed by atoms with Gasteiger partial charge in [-0.05, 0) is 48.5 Å². The zero-order chi connectivity index (χ0) is 19.8. The highest BCUT2D eigenvalue weighted by molar-refractivity contribution is 7.92. The van der Waals surface area contributed by atoms with Crippen LogP contribution in [0.4, 0.5) is 5.69 Å². The second-order valence-electron chi connectivity index (χ2n) is 5.91. The van der Waals surface area contributed by atoms with Gasteiger partial charge in [0.25, 0.3) is 15.9 Å². The number of sulfonamides is 1. The van der Waals surface area contributed by atoms with Gasteiger partial charge in [-0.1, -0.05) is 36.4 Å². The van der Waals surface area contributed by atoms with E-state index in [0.29, 0.717) is 24.4 Å². The summed E-state index contributed by atoms with van der Waals surface area (Å²) in [5.41, 5.74) is 0.815. The van der Waals surface area contributed by atoms with Crippen LogP contribution in [0.25, 0.3) is 0 Å². The van der Waals surface area contributed by atoms with Gasteiger partial charge in [0.2, 0.25) is 0 Å². The maximum atomic E-state index is 12.3. The Bertz CT molecular complexity index is 1010. The number of hydrogen-bond acceptors (Lipinski definition) is 4. The van der Waals surface area contributed by atoms with E-state index in [2.05, 4.69) is 10.0 Å². The lowest BCUT2D eigenvalue weighted by atomic mass is 10.2. The number of carbonyl (C=O) groups excluding carboxylic acids is 1. The Hall–Kier alpha value is -3.32. The molecule has 0 aromatic heterocycles. The van der Waals surface area contributed by atoms with E-state index in [9.17, 15) is 13.2 Å². The lowest BCUT2D eigenvalue weighted by Gasteiger charge is -2.10. The van der Waals surface area contributed by atoms with Crippen molar-refractivity contribution >= 4 is 21.6 Å². The maximum absolute atomic E-state index is 12.3. The summed E-state index contributed by atoms with van der Waals surface area (Å²) < 4.78 is 32.6. The van der Waals surface area contributed by atoms with Gasteiger partial charge in [0, 0.05) is 11.3 Å². The minimum Gasteiger partial charge on any atom is -0.492 e. The number of carbonyl (C=O) groups is 1. The second kappa shape index (κ2) is 9.05. The Morgan fingerprint density at radius 2 is 1.43 bits per heavy atom. The molecule has 3 rings (SSSR count). The highest BCUT2D eigenvalue weighted by Crippen LogP contribution is 2.16. The van der Waals surface area contributed by atoms with Crippen molar-refractivity contribution in [1.82, 2.24) is 5.32 Å². The van der Waals surface area contributed by atoms with Gasteiger partial charge in [-0.25, -0.2) is 8.42 Å². The van der Waals surface area contributed by atoms with Crippen LogP contribution in [0.15, 0.2) is 89.8 Å². The van der Waals surface area contributed by atoms with Gasteiger partial charge >= 0.3 is 0 Å². The largest absolute Gasteiger partial charge is 0.492 e. The topological polar surface area (TPSA) is 84.5 Å². The zero-order valence-corrected chi connectivity index (χ0v) is 15.9. The molecule has 0 bridgehead atoms. The molecule has 0 unspecified atom stereocenters. The van der Waals surface area contributed by atoms with E-state index in [-0.39, 0.29) is 10.8 Å². The average molecular weight is 396 g/mol. The monoisotopic (exact) mass is 396 g/mol. The molecule has 0 aliphatic carbocycles. The van der Waals surface area contributed by atoms with Crippen molar-refractivity contribution < 1.29 is 17.9 Å². The smallest absolute Gasteiger partial charge is 0.261 e. The molecule has 0 heterocycles. The normalized spacial score (nSPS) is 10.9. The summed E-state index contributed by atoms with van der Waals surface area (Å²) in [6.07, 6.45) is 0. The standard InChI is InChI=1S/C21H20N2O4S/c24-21(22-15-16-27-19-7-3-1-4-8-19)17-11-13-18(14-12-17)23-28(25,26)20-9-5-2-6-10-20/h1-14,23H,15-16H2,(H,22,24). The molecule has 3 aromatic rings. The molecule has 144 valence electrons. The quantitative estimate of drug-likeness (QED) is 0.572. The van der Waals surface area contributed by atoms with Crippen molar-refractivity contribution in [3.63, 3.8) is 0 Å². The van der Waals surface area contributed by atoms with Crippen LogP contribution in [0.1, 0.15) is 10.4 Å². The molecule has 3 aromatic carbocycles.